The summed E-state index contributed by atoms with van der Waals surface area (Å²) in [6.45, 7) is -0.323. The lowest BCUT2D eigenvalue weighted by molar-refractivity contribution is -0.257. The highest BCUT2D eigenvalue weighted by atomic mass is 32.3. The van der Waals surface area contributed by atoms with Crippen molar-refractivity contribution in [2.45, 2.75) is 24.6 Å². The van der Waals surface area contributed by atoms with Gasteiger partial charge in [-0.25, -0.2) is 4.18 Å². The quantitative estimate of drug-likeness (QED) is 0.482. The lowest BCUT2D eigenvalue weighted by Crippen LogP contribution is -2.54. The second-order valence-corrected chi connectivity index (χ2v) is 4.03. The summed E-state index contributed by atoms with van der Waals surface area (Å²) in [4.78, 5) is 0. The highest BCUT2D eigenvalue weighted by Gasteiger charge is 2.41. The van der Waals surface area contributed by atoms with Crippen LogP contribution in [0.15, 0.2) is 0 Å². The summed E-state index contributed by atoms with van der Waals surface area (Å²) < 4.78 is 42.7. The van der Waals surface area contributed by atoms with Gasteiger partial charge in [-0.15, -0.1) is 0 Å². The van der Waals surface area contributed by atoms with Crippen LogP contribution < -0.4 is 0 Å². The highest BCUT2D eigenvalue weighted by Crippen LogP contribution is 2.19. The van der Waals surface area contributed by atoms with E-state index in [4.69, 9.17) is 9.29 Å². The van der Waals surface area contributed by atoms with Crippen molar-refractivity contribution in [1.29, 1.82) is 0 Å². The van der Waals surface area contributed by atoms with Crippen molar-refractivity contribution in [3.63, 3.8) is 0 Å². The Hall–Kier alpha value is -0.290. The van der Waals surface area contributed by atoms with Crippen LogP contribution in [0.2, 0.25) is 0 Å². The molecule has 90 valence electrons. The first kappa shape index (κ1) is 12.8. The van der Waals surface area contributed by atoms with E-state index < -0.39 is 35.0 Å². The van der Waals surface area contributed by atoms with E-state index in [9.17, 15) is 18.6 Å². The Kier molecular flexibility index (Phi) is 4.00. The Morgan fingerprint density at radius 1 is 1.33 bits per heavy atom. The summed E-state index contributed by atoms with van der Waals surface area (Å²) in [5.41, 5.74) is 0. The summed E-state index contributed by atoms with van der Waals surface area (Å²) in [6, 6.07) is 0. The van der Waals surface area contributed by atoms with Gasteiger partial charge in [-0.2, -0.15) is 8.42 Å². The van der Waals surface area contributed by atoms with Gasteiger partial charge in [0, 0.05) is 7.11 Å². The number of aliphatic hydroxyl groups is 2. The largest absolute Gasteiger partial charge is 0.397 e. The van der Waals surface area contributed by atoms with Crippen LogP contribution in [-0.4, -0.2) is 61.5 Å². The SMILES string of the molecule is CO[C@@H]1OC[C@@H](OS(=O)(=O)O)[C@H](O)[C@H]1O. The Labute approximate surface area is 86.3 Å². The molecule has 1 saturated heterocycles. The first-order valence-electron chi connectivity index (χ1n) is 4.01. The van der Waals surface area contributed by atoms with Crippen molar-refractivity contribution in [2.75, 3.05) is 13.7 Å². The molecule has 9 heteroatoms. The molecule has 0 aromatic heterocycles. The maximum absolute atomic E-state index is 10.4. The van der Waals surface area contributed by atoms with Gasteiger partial charge in [-0.3, -0.25) is 4.55 Å². The summed E-state index contributed by atoms with van der Waals surface area (Å²) in [5.74, 6) is 0. The van der Waals surface area contributed by atoms with Gasteiger partial charge in [0.15, 0.2) is 6.29 Å². The third-order valence-electron chi connectivity index (χ3n) is 1.91. The number of rotatable bonds is 3. The minimum atomic E-state index is -4.70. The molecule has 1 rings (SSSR count). The second kappa shape index (κ2) is 4.70. The summed E-state index contributed by atoms with van der Waals surface area (Å²) >= 11 is 0. The molecule has 15 heavy (non-hydrogen) atoms. The fourth-order valence-electron chi connectivity index (χ4n) is 1.22. The van der Waals surface area contributed by atoms with Crippen LogP contribution in [0.5, 0.6) is 0 Å². The maximum atomic E-state index is 10.4. The Bertz CT molecular complexity index is 300. The molecule has 1 heterocycles. The van der Waals surface area contributed by atoms with Crippen molar-refractivity contribution < 1.29 is 36.8 Å². The second-order valence-electron chi connectivity index (χ2n) is 2.98. The monoisotopic (exact) mass is 244 g/mol. The average Bonchev–Trinajstić information content (AvgIpc) is 2.11. The van der Waals surface area contributed by atoms with Gasteiger partial charge < -0.3 is 19.7 Å². The molecular formula is C6H12O8S. The van der Waals surface area contributed by atoms with Gasteiger partial charge in [-0.05, 0) is 0 Å². The topological polar surface area (TPSA) is 123 Å². The molecular weight excluding hydrogens is 232 g/mol. The van der Waals surface area contributed by atoms with Crippen molar-refractivity contribution >= 4 is 10.4 Å². The van der Waals surface area contributed by atoms with Crippen LogP contribution in [0, 0.1) is 0 Å². The lowest BCUT2D eigenvalue weighted by Gasteiger charge is -2.35. The average molecular weight is 244 g/mol. The fraction of sp³-hybridized carbons (Fsp3) is 1.00. The van der Waals surface area contributed by atoms with E-state index in [1.54, 1.807) is 0 Å². The number of aliphatic hydroxyl groups excluding tert-OH is 2. The van der Waals surface area contributed by atoms with Crippen molar-refractivity contribution in [3.8, 4) is 0 Å². The van der Waals surface area contributed by atoms with Gasteiger partial charge in [0.25, 0.3) is 0 Å². The maximum Gasteiger partial charge on any atom is 0.397 e. The Morgan fingerprint density at radius 2 is 1.93 bits per heavy atom. The van der Waals surface area contributed by atoms with E-state index in [-0.39, 0.29) is 6.61 Å². The van der Waals surface area contributed by atoms with Crippen LogP contribution in [-0.2, 0) is 24.1 Å². The molecule has 1 aliphatic heterocycles. The van der Waals surface area contributed by atoms with E-state index >= 15 is 0 Å². The van der Waals surface area contributed by atoms with Crippen LogP contribution >= 0.6 is 0 Å². The molecule has 0 aliphatic carbocycles. The van der Waals surface area contributed by atoms with Gasteiger partial charge in [-0.1, -0.05) is 0 Å². The molecule has 1 aliphatic rings. The van der Waals surface area contributed by atoms with Crippen LogP contribution in [0.3, 0.4) is 0 Å². The zero-order chi connectivity index (χ0) is 11.6. The van der Waals surface area contributed by atoms with E-state index in [1.807, 2.05) is 0 Å². The molecule has 1 fully saturated rings. The predicted octanol–water partition coefficient (Wildman–Crippen LogP) is -2.10. The van der Waals surface area contributed by atoms with Gasteiger partial charge in [0.1, 0.15) is 18.3 Å². The molecule has 0 radical (unpaired) electrons. The standard InChI is InChI=1S/C6H12O8S/c1-12-6-5(8)4(7)3(2-13-6)14-15(9,10)11/h3-8H,2H2,1H3,(H,9,10,11)/t3-,4+,5-,6-/m1/s1. The van der Waals surface area contributed by atoms with E-state index in [0.717, 1.165) is 0 Å². The molecule has 0 bridgehead atoms. The van der Waals surface area contributed by atoms with Gasteiger partial charge in [0.05, 0.1) is 6.61 Å². The lowest BCUT2D eigenvalue weighted by atomic mass is 10.1. The molecule has 0 unspecified atom stereocenters. The van der Waals surface area contributed by atoms with E-state index in [1.165, 1.54) is 7.11 Å². The molecule has 4 atom stereocenters. The van der Waals surface area contributed by atoms with E-state index in [2.05, 4.69) is 8.92 Å². The predicted molar refractivity (Wildman–Crippen MR) is 45.2 cm³/mol. The zero-order valence-corrected chi connectivity index (χ0v) is 8.62. The van der Waals surface area contributed by atoms with Gasteiger partial charge in [0.2, 0.25) is 0 Å². The Balaban J connectivity index is 2.64. The molecule has 8 nitrogen and oxygen atoms in total. The smallest absolute Gasteiger partial charge is 0.387 e. The van der Waals surface area contributed by atoms with Crippen LogP contribution in [0.4, 0.5) is 0 Å². The summed E-state index contributed by atoms with van der Waals surface area (Å²) in [7, 11) is -3.44. The number of hydrogen-bond acceptors (Lipinski definition) is 7. The highest BCUT2D eigenvalue weighted by molar-refractivity contribution is 7.80. The zero-order valence-electron chi connectivity index (χ0n) is 7.81. The van der Waals surface area contributed by atoms with Gasteiger partial charge >= 0.3 is 10.4 Å². The molecule has 0 aromatic rings. The molecule has 0 saturated carbocycles. The molecule has 3 N–H and O–H groups in total. The fourth-order valence-corrected chi connectivity index (χ4v) is 1.70. The normalized spacial score (nSPS) is 37.9. The van der Waals surface area contributed by atoms with E-state index in [0.29, 0.717) is 0 Å². The van der Waals surface area contributed by atoms with Crippen molar-refractivity contribution in [2.24, 2.45) is 0 Å². The van der Waals surface area contributed by atoms with Crippen LogP contribution in [0.25, 0.3) is 0 Å². The summed E-state index contributed by atoms with van der Waals surface area (Å²) in [6.07, 6.45) is -5.39. The molecule has 0 spiro atoms. The number of ether oxygens (including phenoxy) is 2. The third kappa shape index (κ3) is 3.34. The first-order chi connectivity index (χ1) is 6.85. The Morgan fingerprint density at radius 3 is 2.40 bits per heavy atom. The van der Waals surface area contributed by atoms with Crippen LogP contribution in [0.1, 0.15) is 0 Å². The third-order valence-corrected chi connectivity index (χ3v) is 2.40. The molecule has 0 amide bonds. The van der Waals surface area contributed by atoms with Crippen molar-refractivity contribution in [3.05, 3.63) is 0 Å². The number of methoxy groups -OCH3 is 1. The van der Waals surface area contributed by atoms with Crippen molar-refractivity contribution in [1.82, 2.24) is 0 Å². The minimum absolute atomic E-state index is 0.323. The minimum Gasteiger partial charge on any atom is -0.387 e. The number of hydrogen-bond donors (Lipinski definition) is 3. The molecule has 0 aromatic carbocycles. The first-order valence-corrected chi connectivity index (χ1v) is 5.38. The summed E-state index contributed by atoms with van der Waals surface area (Å²) in [5, 5.41) is 18.7.